The van der Waals surface area contributed by atoms with Crippen LogP contribution in [0.3, 0.4) is 0 Å². The highest BCUT2D eigenvalue weighted by Crippen LogP contribution is 2.28. The van der Waals surface area contributed by atoms with Crippen LogP contribution in [0.2, 0.25) is 0 Å². The Bertz CT molecular complexity index is 179. The van der Waals surface area contributed by atoms with Crippen LogP contribution < -0.4 is 0 Å². The van der Waals surface area contributed by atoms with E-state index in [-0.39, 0.29) is 5.78 Å². The average Bonchev–Trinajstić information content (AvgIpc) is 1.85. The largest absolute Gasteiger partial charge is 0.295 e. The van der Waals surface area contributed by atoms with Crippen LogP contribution in [0.1, 0.15) is 27.2 Å². The lowest BCUT2D eigenvalue weighted by Gasteiger charge is -2.26. The predicted molar refractivity (Wildman–Crippen MR) is 46.3 cm³/mol. The lowest BCUT2D eigenvalue weighted by Crippen LogP contribution is -2.22. The summed E-state index contributed by atoms with van der Waals surface area (Å²) in [4.78, 5) is 11.0. The molecule has 0 aromatic carbocycles. The highest BCUT2D eigenvalue weighted by atomic mass is 16.1. The molecule has 0 fully saturated rings. The number of ketones is 1. The van der Waals surface area contributed by atoms with Crippen LogP contribution in [0, 0.1) is 17.8 Å². The van der Waals surface area contributed by atoms with Crippen molar-refractivity contribution in [3.8, 4) is 0 Å². The zero-order valence-electron chi connectivity index (χ0n) is 7.50. The van der Waals surface area contributed by atoms with Crippen LogP contribution in [0.25, 0.3) is 0 Å². The molecule has 0 radical (unpaired) electrons. The van der Waals surface area contributed by atoms with Crippen molar-refractivity contribution in [3.63, 3.8) is 0 Å². The second-order valence-electron chi connectivity index (χ2n) is 3.83. The van der Waals surface area contributed by atoms with Gasteiger partial charge < -0.3 is 0 Å². The van der Waals surface area contributed by atoms with Crippen molar-refractivity contribution in [3.05, 3.63) is 12.2 Å². The molecule has 0 N–H and O–H groups in total. The van der Waals surface area contributed by atoms with Crippen molar-refractivity contribution < 1.29 is 4.79 Å². The standard InChI is InChI=1S/C10H16O/c1-7(2)10-5-4-9(11)6-8(10)3/h4-5,7-8,10H,6H2,1-3H3. The fraction of sp³-hybridized carbons (Fsp3) is 0.700. The first kappa shape index (κ1) is 8.51. The van der Waals surface area contributed by atoms with E-state index in [1.54, 1.807) is 6.08 Å². The Balaban J connectivity index is 2.68. The van der Waals surface area contributed by atoms with Crippen LogP contribution in [0.5, 0.6) is 0 Å². The second kappa shape index (κ2) is 3.21. The second-order valence-corrected chi connectivity index (χ2v) is 3.83. The summed E-state index contributed by atoms with van der Waals surface area (Å²) in [7, 11) is 0. The number of hydrogen-bond donors (Lipinski definition) is 0. The van der Waals surface area contributed by atoms with Crippen LogP contribution in [0.15, 0.2) is 12.2 Å². The summed E-state index contributed by atoms with van der Waals surface area (Å²) >= 11 is 0. The normalized spacial score (nSPS) is 31.5. The lowest BCUT2D eigenvalue weighted by molar-refractivity contribution is -0.116. The quantitative estimate of drug-likeness (QED) is 0.564. The van der Waals surface area contributed by atoms with Gasteiger partial charge in [0.2, 0.25) is 0 Å². The van der Waals surface area contributed by atoms with E-state index >= 15 is 0 Å². The van der Waals surface area contributed by atoms with E-state index in [4.69, 9.17) is 0 Å². The van der Waals surface area contributed by atoms with Gasteiger partial charge in [0.1, 0.15) is 0 Å². The smallest absolute Gasteiger partial charge is 0.155 e. The van der Waals surface area contributed by atoms with Crippen molar-refractivity contribution in [2.75, 3.05) is 0 Å². The Morgan fingerprint density at radius 3 is 2.64 bits per heavy atom. The lowest BCUT2D eigenvalue weighted by atomic mass is 9.78. The summed E-state index contributed by atoms with van der Waals surface area (Å²) in [5.41, 5.74) is 0. The molecule has 0 saturated heterocycles. The highest BCUT2D eigenvalue weighted by molar-refractivity contribution is 5.90. The third-order valence-electron chi connectivity index (χ3n) is 2.45. The maximum Gasteiger partial charge on any atom is 0.155 e. The molecule has 0 aromatic heterocycles. The summed E-state index contributed by atoms with van der Waals surface area (Å²) in [6.07, 6.45) is 4.55. The average molecular weight is 152 g/mol. The summed E-state index contributed by atoms with van der Waals surface area (Å²) < 4.78 is 0. The molecule has 1 aliphatic carbocycles. The van der Waals surface area contributed by atoms with E-state index in [1.807, 2.05) is 0 Å². The SMILES string of the molecule is CC(C)C1C=CC(=O)CC1C. The fourth-order valence-corrected chi connectivity index (χ4v) is 1.81. The van der Waals surface area contributed by atoms with E-state index in [0.29, 0.717) is 17.8 Å². The van der Waals surface area contributed by atoms with Crippen molar-refractivity contribution in [1.29, 1.82) is 0 Å². The maximum absolute atomic E-state index is 11.0. The molecule has 0 aliphatic heterocycles. The van der Waals surface area contributed by atoms with Crippen LogP contribution in [-0.2, 0) is 4.79 Å². The summed E-state index contributed by atoms with van der Waals surface area (Å²) in [5, 5.41) is 0. The molecular weight excluding hydrogens is 136 g/mol. The van der Waals surface area contributed by atoms with E-state index < -0.39 is 0 Å². The van der Waals surface area contributed by atoms with Crippen molar-refractivity contribution in [1.82, 2.24) is 0 Å². The molecule has 62 valence electrons. The van der Waals surface area contributed by atoms with Gasteiger partial charge in [0.05, 0.1) is 0 Å². The van der Waals surface area contributed by atoms with E-state index in [1.165, 1.54) is 0 Å². The van der Waals surface area contributed by atoms with Gasteiger partial charge in [-0.2, -0.15) is 0 Å². The minimum Gasteiger partial charge on any atom is -0.295 e. The molecule has 11 heavy (non-hydrogen) atoms. The van der Waals surface area contributed by atoms with Gasteiger partial charge in [0.15, 0.2) is 5.78 Å². The Morgan fingerprint density at radius 1 is 1.55 bits per heavy atom. The molecule has 0 saturated carbocycles. The number of allylic oxidation sites excluding steroid dienone is 2. The van der Waals surface area contributed by atoms with Gasteiger partial charge in [-0.1, -0.05) is 26.8 Å². The first-order chi connectivity index (χ1) is 5.11. The molecular formula is C10H16O. The van der Waals surface area contributed by atoms with E-state index in [0.717, 1.165) is 6.42 Å². The third-order valence-corrected chi connectivity index (χ3v) is 2.45. The molecule has 0 bridgehead atoms. The molecule has 1 nitrogen and oxygen atoms in total. The van der Waals surface area contributed by atoms with Crippen molar-refractivity contribution >= 4 is 5.78 Å². The fourth-order valence-electron chi connectivity index (χ4n) is 1.81. The van der Waals surface area contributed by atoms with Crippen molar-refractivity contribution in [2.45, 2.75) is 27.2 Å². The Kier molecular flexibility index (Phi) is 2.48. The first-order valence-corrected chi connectivity index (χ1v) is 4.32. The number of carbonyl (C=O) groups is 1. The summed E-state index contributed by atoms with van der Waals surface area (Å²) in [5.74, 6) is 2.09. The van der Waals surface area contributed by atoms with Gasteiger partial charge in [0, 0.05) is 6.42 Å². The van der Waals surface area contributed by atoms with Gasteiger partial charge in [0.25, 0.3) is 0 Å². The number of carbonyl (C=O) groups excluding carboxylic acids is 1. The van der Waals surface area contributed by atoms with E-state index in [2.05, 4.69) is 26.8 Å². The molecule has 1 rings (SSSR count). The number of rotatable bonds is 1. The Labute approximate surface area is 68.5 Å². The van der Waals surface area contributed by atoms with Gasteiger partial charge >= 0.3 is 0 Å². The van der Waals surface area contributed by atoms with Gasteiger partial charge in [-0.25, -0.2) is 0 Å². The third kappa shape index (κ3) is 1.92. The molecule has 2 unspecified atom stereocenters. The zero-order chi connectivity index (χ0) is 8.43. The topological polar surface area (TPSA) is 17.1 Å². The zero-order valence-corrected chi connectivity index (χ0v) is 7.50. The molecule has 1 heteroatoms. The highest BCUT2D eigenvalue weighted by Gasteiger charge is 2.23. The first-order valence-electron chi connectivity index (χ1n) is 4.32. The van der Waals surface area contributed by atoms with Gasteiger partial charge in [-0.3, -0.25) is 4.79 Å². The Hall–Kier alpha value is -0.590. The monoisotopic (exact) mass is 152 g/mol. The minimum atomic E-state index is 0.286. The molecule has 2 atom stereocenters. The Morgan fingerprint density at radius 2 is 2.18 bits per heavy atom. The number of hydrogen-bond acceptors (Lipinski definition) is 1. The minimum absolute atomic E-state index is 0.286. The van der Waals surface area contributed by atoms with Crippen LogP contribution >= 0.6 is 0 Å². The van der Waals surface area contributed by atoms with Crippen LogP contribution in [-0.4, -0.2) is 5.78 Å². The van der Waals surface area contributed by atoms with Gasteiger partial charge in [-0.15, -0.1) is 0 Å². The maximum atomic E-state index is 11.0. The molecule has 1 aliphatic rings. The predicted octanol–water partition coefficient (Wildman–Crippen LogP) is 2.42. The molecule has 0 aromatic rings. The summed E-state index contributed by atoms with van der Waals surface area (Å²) in [6.45, 7) is 6.58. The van der Waals surface area contributed by atoms with Crippen LogP contribution in [0.4, 0.5) is 0 Å². The van der Waals surface area contributed by atoms with Crippen molar-refractivity contribution in [2.24, 2.45) is 17.8 Å². The van der Waals surface area contributed by atoms with E-state index in [9.17, 15) is 4.79 Å². The molecule has 0 amide bonds. The van der Waals surface area contributed by atoms with Gasteiger partial charge in [-0.05, 0) is 23.8 Å². The molecule has 0 heterocycles. The molecule has 0 spiro atoms. The summed E-state index contributed by atoms with van der Waals surface area (Å²) in [6, 6.07) is 0.